The Morgan fingerprint density at radius 2 is 2.08 bits per heavy atom. The largest absolute Gasteiger partial charge is 0.357 e. The first-order chi connectivity index (χ1) is 5.86. The number of aromatic nitrogens is 1. The summed E-state index contributed by atoms with van der Waals surface area (Å²) in [6.45, 7) is 1.72. The summed E-state index contributed by atoms with van der Waals surface area (Å²) in [4.78, 5) is 16.3. The summed E-state index contributed by atoms with van der Waals surface area (Å²) in [5.41, 5.74) is 0. The van der Waals surface area contributed by atoms with Crippen molar-refractivity contribution in [3.63, 3.8) is 0 Å². The molecule has 0 saturated carbocycles. The number of hydrogen-bond donors (Lipinski definition) is 1. The lowest BCUT2D eigenvalue weighted by molar-refractivity contribution is -0.119. The van der Waals surface area contributed by atoms with E-state index in [1.165, 1.54) is 0 Å². The summed E-state index contributed by atoms with van der Waals surface area (Å²) in [5, 5.41) is 0. The number of hydrogen-bond acceptors (Lipinski definition) is 2. The molecule has 2 rings (SSSR count). The molecule has 1 aliphatic rings. The fourth-order valence-corrected chi connectivity index (χ4v) is 1.51. The second-order valence-electron chi connectivity index (χ2n) is 3.08. The fraction of sp³-hybridized carbons (Fsp3) is 0.444. The zero-order valence-electron chi connectivity index (χ0n) is 6.92. The number of carbonyl (C=O) groups is 1. The van der Waals surface area contributed by atoms with Crippen LogP contribution in [-0.2, 0) is 4.79 Å². The van der Waals surface area contributed by atoms with E-state index in [0.717, 1.165) is 18.9 Å². The normalized spacial score (nSPS) is 18.3. The molecule has 0 atom stereocenters. The van der Waals surface area contributed by atoms with Gasteiger partial charge in [0.2, 0.25) is 0 Å². The van der Waals surface area contributed by atoms with Crippen LogP contribution in [0.1, 0.15) is 12.8 Å². The van der Waals surface area contributed by atoms with E-state index in [-0.39, 0.29) is 0 Å². The number of Topliss-reactive ketones (excluding diaryl/α,β-unsaturated/α-hetero) is 1. The lowest BCUT2D eigenvalue weighted by Gasteiger charge is -2.26. The smallest absolute Gasteiger partial charge is 0.136 e. The Morgan fingerprint density at radius 3 is 2.67 bits per heavy atom. The van der Waals surface area contributed by atoms with E-state index in [9.17, 15) is 4.79 Å². The van der Waals surface area contributed by atoms with Crippen molar-refractivity contribution in [3.8, 4) is 0 Å². The topological polar surface area (TPSA) is 36.1 Å². The summed E-state index contributed by atoms with van der Waals surface area (Å²) >= 11 is 0. The Kier molecular flexibility index (Phi) is 1.86. The number of aromatic amines is 1. The van der Waals surface area contributed by atoms with Gasteiger partial charge in [0.05, 0.1) is 0 Å². The fourth-order valence-electron chi connectivity index (χ4n) is 1.51. The van der Waals surface area contributed by atoms with Gasteiger partial charge in [0.15, 0.2) is 0 Å². The highest BCUT2D eigenvalue weighted by Gasteiger charge is 2.16. The van der Waals surface area contributed by atoms with Gasteiger partial charge in [-0.15, -0.1) is 0 Å². The van der Waals surface area contributed by atoms with E-state index in [0.29, 0.717) is 18.6 Å². The molecule has 0 bridgehead atoms. The van der Waals surface area contributed by atoms with Crippen molar-refractivity contribution in [3.05, 3.63) is 18.3 Å². The minimum atomic E-state index is 0.387. The molecule has 0 unspecified atom stereocenters. The number of rotatable bonds is 1. The first-order valence-corrected chi connectivity index (χ1v) is 4.26. The van der Waals surface area contributed by atoms with Gasteiger partial charge in [-0.1, -0.05) is 0 Å². The van der Waals surface area contributed by atoms with Gasteiger partial charge < -0.3 is 9.88 Å². The van der Waals surface area contributed by atoms with Crippen molar-refractivity contribution in [1.29, 1.82) is 0 Å². The highest BCUT2D eigenvalue weighted by Crippen LogP contribution is 2.14. The minimum Gasteiger partial charge on any atom is -0.357 e. The average Bonchev–Trinajstić information content (AvgIpc) is 2.58. The average molecular weight is 164 g/mol. The molecule has 1 aromatic rings. The molecule has 3 heteroatoms. The minimum absolute atomic E-state index is 0.387. The lowest BCUT2D eigenvalue weighted by Crippen LogP contribution is -2.33. The molecule has 12 heavy (non-hydrogen) atoms. The molecule has 2 heterocycles. The summed E-state index contributed by atoms with van der Waals surface area (Å²) in [5.74, 6) is 1.51. The number of piperidine rings is 1. The van der Waals surface area contributed by atoms with Crippen molar-refractivity contribution in [2.75, 3.05) is 18.0 Å². The van der Waals surface area contributed by atoms with Crippen LogP contribution < -0.4 is 4.90 Å². The SMILES string of the molecule is O=C1CCN(c2ccc[nH]2)CC1. The molecule has 1 aliphatic heterocycles. The maximum absolute atomic E-state index is 10.9. The van der Waals surface area contributed by atoms with E-state index < -0.39 is 0 Å². The molecule has 1 N–H and O–H groups in total. The van der Waals surface area contributed by atoms with Crippen LogP contribution in [0.2, 0.25) is 0 Å². The lowest BCUT2D eigenvalue weighted by atomic mass is 10.1. The number of nitrogens with zero attached hydrogens (tertiary/aromatic N) is 1. The van der Waals surface area contributed by atoms with Crippen molar-refractivity contribution in [2.45, 2.75) is 12.8 Å². The van der Waals surface area contributed by atoms with Crippen molar-refractivity contribution in [2.24, 2.45) is 0 Å². The molecule has 64 valence electrons. The second kappa shape index (κ2) is 3.01. The van der Waals surface area contributed by atoms with Crippen LogP contribution >= 0.6 is 0 Å². The van der Waals surface area contributed by atoms with Crippen LogP contribution in [0.4, 0.5) is 5.82 Å². The summed E-state index contributed by atoms with van der Waals surface area (Å²) < 4.78 is 0. The third kappa shape index (κ3) is 1.35. The van der Waals surface area contributed by atoms with E-state index >= 15 is 0 Å². The van der Waals surface area contributed by atoms with Gasteiger partial charge in [-0.3, -0.25) is 4.79 Å². The summed E-state index contributed by atoms with van der Waals surface area (Å²) in [7, 11) is 0. The predicted molar refractivity (Wildman–Crippen MR) is 47.2 cm³/mol. The van der Waals surface area contributed by atoms with Crippen LogP contribution in [0, 0.1) is 0 Å². The van der Waals surface area contributed by atoms with Gasteiger partial charge in [-0.05, 0) is 12.1 Å². The molecule has 0 aromatic carbocycles. The maximum Gasteiger partial charge on any atom is 0.136 e. The van der Waals surface area contributed by atoms with E-state index in [4.69, 9.17) is 0 Å². The van der Waals surface area contributed by atoms with Crippen molar-refractivity contribution >= 4 is 11.6 Å². The Balaban J connectivity index is 2.03. The zero-order valence-corrected chi connectivity index (χ0v) is 6.92. The Labute approximate surface area is 71.4 Å². The van der Waals surface area contributed by atoms with Gasteiger partial charge in [0.25, 0.3) is 0 Å². The molecule has 0 amide bonds. The van der Waals surface area contributed by atoms with Gasteiger partial charge in [-0.25, -0.2) is 0 Å². The quantitative estimate of drug-likeness (QED) is 0.676. The molecular formula is C9H12N2O. The van der Waals surface area contributed by atoms with Crippen LogP contribution in [0.15, 0.2) is 18.3 Å². The van der Waals surface area contributed by atoms with Crippen molar-refractivity contribution < 1.29 is 4.79 Å². The molecule has 1 fully saturated rings. The molecule has 0 aliphatic carbocycles. The van der Waals surface area contributed by atoms with Gasteiger partial charge >= 0.3 is 0 Å². The second-order valence-corrected chi connectivity index (χ2v) is 3.08. The van der Waals surface area contributed by atoms with Gasteiger partial charge in [-0.2, -0.15) is 0 Å². The van der Waals surface area contributed by atoms with E-state index in [1.807, 2.05) is 18.3 Å². The van der Waals surface area contributed by atoms with E-state index in [2.05, 4.69) is 9.88 Å². The Morgan fingerprint density at radius 1 is 1.33 bits per heavy atom. The van der Waals surface area contributed by atoms with E-state index in [1.54, 1.807) is 0 Å². The number of H-pyrrole nitrogens is 1. The van der Waals surface area contributed by atoms with Crippen LogP contribution in [0.3, 0.4) is 0 Å². The highest BCUT2D eigenvalue weighted by molar-refractivity contribution is 5.80. The monoisotopic (exact) mass is 164 g/mol. The number of ketones is 1. The number of carbonyl (C=O) groups excluding carboxylic acids is 1. The van der Waals surface area contributed by atoms with Gasteiger partial charge in [0, 0.05) is 32.1 Å². The Hall–Kier alpha value is -1.25. The van der Waals surface area contributed by atoms with Crippen LogP contribution in [0.5, 0.6) is 0 Å². The highest BCUT2D eigenvalue weighted by atomic mass is 16.1. The molecule has 0 radical (unpaired) electrons. The Bertz CT molecular complexity index is 256. The van der Waals surface area contributed by atoms with Crippen molar-refractivity contribution in [1.82, 2.24) is 4.98 Å². The predicted octanol–water partition coefficient (Wildman–Crippen LogP) is 1.18. The third-order valence-electron chi connectivity index (χ3n) is 2.24. The molecule has 1 saturated heterocycles. The number of nitrogens with one attached hydrogen (secondary N) is 1. The third-order valence-corrected chi connectivity index (χ3v) is 2.24. The molecule has 0 spiro atoms. The maximum atomic E-state index is 10.9. The first kappa shape index (κ1) is 7.40. The summed E-state index contributed by atoms with van der Waals surface area (Å²) in [6, 6.07) is 4.02. The molecular weight excluding hydrogens is 152 g/mol. The molecule has 1 aromatic heterocycles. The summed E-state index contributed by atoms with van der Waals surface area (Å²) in [6.07, 6.45) is 3.30. The zero-order chi connectivity index (χ0) is 8.39. The standard InChI is InChI=1S/C9H12N2O/c12-8-3-6-11(7-4-8)9-2-1-5-10-9/h1-2,5,10H,3-4,6-7H2. The molecule has 3 nitrogen and oxygen atoms in total. The van der Waals surface area contributed by atoms with Crippen LogP contribution in [0.25, 0.3) is 0 Å². The number of anilines is 1. The first-order valence-electron chi connectivity index (χ1n) is 4.26. The van der Waals surface area contributed by atoms with Gasteiger partial charge in [0.1, 0.15) is 11.6 Å². The van der Waals surface area contributed by atoms with Crippen LogP contribution in [-0.4, -0.2) is 23.9 Å².